The van der Waals surface area contributed by atoms with E-state index in [-0.39, 0.29) is 0 Å². The summed E-state index contributed by atoms with van der Waals surface area (Å²) < 4.78 is 24.4. The Bertz CT molecular complexity index is 551. The lowest BCUT2D eigenvalue weighted by atomic mass is 10.1. The zero-order valence-corrected chi connectivity index (χ0v) is 12.3. The molecule has 0 amide bonds. The van der Waals surface area contributed by atoms with E-state index in [1.807, 2.05) is 6.07 Å². The van der Waals surface area contributed by atoms with Gasteiger partial charge < -0.3 is 10.6 Å². The predicted molar refractivity (Wildman–Crippen MR) is 80.2 cm³/mol. The molecule has 106 valence electrons. The van der Waals surface area contributed by atoms with Crippen LogP contribution < -0.4 is 14.9 Å². The molecule has 1 aliphatic rings. The van der Waals surface area contributed by atoms with E-state index in [9.17, 15) is 8.42 Å². The van der Waals surface area contributed by atoms with Crippen molar-refractivity contribution in [3.63, 3.8) is 0 Å². The van der Waals surface area contributed by atoms with E-state index in [0.717, 1.165) is 31.6 Å². The monoisotopic (exact) mass is 283 g/mol. The second-order valence-corrected chi connectivity index (χ2v) is 7.04. The molecule has 1 saturated heterocycles. The fraction of sp³-hybridized carbons (Fsp3) is 0.538. The number of nitrogens with zero attached hydrogens (tertiary/aromatic N) is 2. The molecule has 0 bridgehead atoms. The van der Waals surface area contributed by atoms with Gasteiger partial charge in [0.1, 0.15) is 0 Å². The van der Waals surface area contributed by atoms with Crippen LogP contribution in [0.15, 0.2) is 18.2 Å². The number of anilines is 3. The first-order chi connectivity index (χ1) is 8.89. The zero-order chi connectivity index (χ0) is 14.0. The van der Waals surface area contributed by atoms with Crippen molar-refractivity contribution in [2.24, 2.45) is 0 Å². The quantitative estimate of drug-likeness (QED) is 0.857. The van der Waals surface area contributed by atoms with Crippen molar-refractivity contribution in [2.45, 2.75) is 19.3 Å². The molecule has 0 aliphatic carbocycles. The van der Waals surface area contributed by atoms with E-state index in [1.54, 1.807) is 19.2 Å². The van der Waals surface area contributed by atoms with Gasteiger partial charge in [0.15, 0.2) is 0 Å². The summed E-state index contributed by atoms with van der Waals surface area (Å²) in [6, 6.07) is 5.38. The highest BCUT2D eigenvalue weighted by Gasteiger charge is 2.17. The molecule has 0 saturated carbocycles. The van der Waals surface area contributed by atoms with E-state index >= 15 is 0 Å². The lowest BCUT2D eigenvalue weighted by molar-refractivity contribution is 0.578. The molecule has 5 nitrogen and oxygen atoms in total. The molecule has 0 atom stereocenters. The minimum absolute atomic E-state index is 0.650. The molecule has 6 heteroatoms. The number of nitrogens with two attached hydrogens (primary N) is 1. The van der Waals surface area contributed by atoms with Crippen molar-refractivity contribution >= 4 is 27.1 Å². The molecule has 1 aromatic rings. The third-order valence-corrected chi connectivity index (χ3v) is 4.78. The maximum atomic E-state index is 11.6. The van der Waals surface area contributed by atoms with Gasteiger partial charge >= 0.3 is 0 Å². The normalized spacial score (nSPS) is 16.4. The van der Waals surface area contributed by atoms with E-state index in [0.29, 0.717) is 11.4 Å². The van der Waals surface area contributed by atoms with Crippen molar-refractivity contribution < 1.29 is 8.42 Å². The lowest BCUT2D eigenvalue weighted by Crippen LogP contribution is -2.30. The maximum Gasteiger partial charge on any atom is 0.231 e. The number of benzene rings is 1. The second kappa shape index (κ2) is 5.28. The van der Waals surface area contributed by atoms with Crippen LogP contribution in [0.3, 0.4) is 0 Å². The van der Waals surface area contributed by atoms with Crippen LogP contribution in [0.4, 0.5) is 17.1 Å². The van der Waals surface area contributed by atoms with E-state index in [4.69, 9.17) is 5.73 Å². The number of rotatable bonds is 3. The zero-order valence-electron chi connectivity index (χ0n) is 11.5. The third-order valence-electron chi connectivity index (χ3n) is 3.57. The highest BCUT2D eigenvalue weighted by Crippen LogP contribution is 2.31. The van der Waals surface area contributed by atoms with Crippen LogP contribution >= 0.6 is 0 Å². The Hall–Kier alpha value is -1.43. The number of sulfonamides is 1. The molecular weight excluding hydrogens is 262 g/mol. The molecule has 1 heterocycles. The van der Waals surface area contributed by atoms with Gasteiger partial charge in [-0.3, -0.25) is 4.31 Å². The fourth-order valence-electron chi connectivity index (χ4n) is 2.33. The van der Waals surface area contributed by atoms with Gasteiger partial charge in [0.2, 0.25) is 10.0 Å². The second-order valence-electron chi connectivity index (χ2n) is 5.02. The summed E-state index contributed by atoms with van der Waals surface area (Å²) in [6.07, 6.45) is 4.76. The summed E-state index contributed by atoms with van der Waals surface area (Å²) in [5.41, 5.74) is 8.31. The van der Waals surface area contributed by atoms with Crippen LogP contribution in [0, 0.1) is 0 Å². The maximum absolute atomic E-state index is 11.6. The predicted octanol–water partition coefficient (Wildman–Crippen LogP) is 1.65. The van der Waals surface area contributed by atoms with Crippen molar-refractivity contribution in [3.05, 3.63) is 18.2 Å². The van der Waals surface area contributed by atoms with E-state index in [2.05, 4.69) is 4.90 Å². The van der Waals surface area contributed by atoms with Crippen LogP contribution in [0.1, 0.15) is 19.3 Å². The first-order valence-corrected chi connectivity index (χ1v) is 8.33. The van der Waals surface area contributed by atoms with Crippen LogP contribution in [0.5, 0.6) is 0 Å². The van der Waals surface area contributed by atoms with E-state index < -0.39 is 10.0 Å². The van der Waals surface area contributed by atoms with Crippen molar-refractivity contribution in [1.82, 2.24) is 0 Å². The first kappa shape index (κ1) is 14.0. The largest absolute Gasteiger partial charge is 0.397 e. The Kier molecular flexibility index (Phi) is 3.89. The Morgan fingerprint density at radius 2 is 1.84 bits per heavy atom. The molecular formula is C13H21N3O2S. The van der Waals surface area contributed by atoms with Gasteiger partial charge in [0.05, 0.1) is 23.3 Å². The smallest absolute Gasteiger partial charge is 0.231 e. The number of hydrogen-bond donors (Lipinski definition) is 1. The molecule has 1 aromatic carbocycles. The lowest BCUT2D eigenvalue weighted by Gasteiger charge is -2.30. The number of piperidine rings is 1. The fourth-order valence-corrected chi connectivity index (χ4v) is 2.82. The average molecular weight is 283 g/mol. The van der Waals surface area contributed by atoms with Crippen LogP contribution in [-0.2, 0) is 10.0 Å². The molecule has 1 fully saturated rings. The molecule has 19 heavy (non-hydrogen) atoms. The number of nitrogen functional groups attached to an aromatic ring is 1. The molecule has 2 rings (SSSR count). The summed E-state index contributed by atoms with van der Waals surface area (Å²) in [7, 11) is -1.69. The standard InChI is InChI=1S/C13H21N3O2S/c1-15(19(2,17)18)11-6-7-12(14)13(10-11)16-8-4-3-5-9-16/h6-7,10H,3-5,8-9,14H2,1-2H3. The molecule has 0 aromatic heterocycles. The third kappa shape index (κ3) is 3.12. The van der Waals surface area contributed by atoms with Crippen molar-refractivity contribution in [3.8, 4) is 0 Å². The minimum Gasteiger partial charge on any atom is -0.397 e. The van der Waals surface area contributed by atoms with Gasteiger partial charge in [0.25, 0.3) is 0 Å². The molecule has 2 N–H and O–H groups in total. The molecule has 0 unspecified atom stereocenters. The Morgan fingerprint density at radius 1 is 1.21 bits per heavy atom. The molecule has 1 aliphatic heterocycles. The minimum atomic E-state index is -3.24. The Labute approximate surface area is 115 Å². The SMILES string of the molecule is CN(c1ccc(N)c(N2CCCCC2)c1)S(C)(=O)=O. The average Bonchev–Trinajstić information content (AvgIpc) is 2.38. The van der Waals surface area contributed by atoms with Gasteiger partial charge in [-0.1, -0.05) is 0 Å². The van der Waals surface area contributed by atoms with Gasteiger partial charge in [-0.05, 0) is 37.5 Å². The number of hydrogen-bond acceptors (Lipinski definition) is 4. The topological polar surface area (TPSA) is 66.6 Å². The van der Waals surface area contributed by atoms with Gasteiger partial charge in [0, 0.05) is 20.1 Å². The highest BCUT2D eigenvalue weighted by molar-refractivity contribution is 7.92. The van der Waals surface area contributed by atoms with Crippen LogP contribution in [-0.4, -0.2) is 34.8 Å². The molecule has 0 spiro atoms. The van der Waals surface area contributed by atoms with Crippen molar-refractivity contribution in [2.75, 3.05) is 41.3 Å². The van der Waals surface area contributed by atoms with Crippen LogP contribution in [0.2, 0.25) is 0 Å². The van der Waals surface area contributed by atoms with E-state index in [1.165, 1.54) is 17.0 Å². The summed E-state index contributed by atoms with van der Waals surface area (Å²) in [6.45, 7) is 1.96. The Balaban J connectivity index is 2.34. The summed E-state index contributed by atoms with van der Waals surface area (Å²) in [4.78, 5) is 2.23. The Morgan fingerprint density at radius 3 is 2.42 bits per heavy atom. The molecule has 0 radical (unpaired) electrons. The van der Waals surface area contributed by atoms with Gasteiger partial charge in [-0.25, -0.2) is 8.42 Å². The summed E-state index contributed by atoms with van der Waals surface area (Å²) in [5, 5.41) is 0. The first-order valence-electron chi connectivity index (χ1n) is 6.48. The summed E-state index contributed by atoms with van der Waals surface area (Å²) in [5.74, 6) is 0. The van der Waals surface area contributed by atoms with Crippen molar-refractivity contribution in [1.29, 1.82) is 0 Å². The summed E-state index contributed by atoms with van der Waals surface area (Å²) >= 11 is 0. The van der Waals surface area contributed by atoms with Gasteiger partial charge in [-0.15, -0.1) is 0 Å². The van der Waals surface area contributed by atoms with Gasteiger partial charge in [-0.2, -0.15) is 0 Å². The van der Waals surface area contributed by atoms with Crippen LogP contribution in [0.25, 0.3) is 0 Å². The highest BCUT2D eigenvalue weighted by atomic mass is 32.2.